The van der Waals surface area contributed by atoms with Crippen LogP contribution in [0.2, 0.25) is 5.02 Å². The number of hydrogen-bond donors (Lipinski definition) is 2. The lowest BCUT2D eigenvalue weighted by Gasteiger charge is -2.36. The molecule has 0 fully saturated rings. The van der Waals surface area contributed by atoms with Gasteiger partial charge in [0.25, 0.3) is 0 Å². The average Bonchev–Trinajstić information content (AvgIpc) is 2.84. The van der Waals surface area contributed by atoms with E-state index < -0.39 is 29.7 Å². The summed E-state index contributed by atoms with van der Waals surface area (Å²) in [4.78, 5) is 11.3. The number of hydrogen-bond acceptors (Lipinski definition) is 2. The van der Waals surface area contributed by atoms with Crippen LogP contribution >= 0.6 is 11.6 Å². The molecular formula is C14H11ClF3NO2. The van der Waals surface area contributed by atoms with Crippen LogP contribution in [0.5, 0.6) is 0 Å². The minimum Gasteiger partial charge on any atom is -0.480 e. The molecule has 0 saturated heterocycles. The van der Waals surface area contributed by atoms with Crippen LogP contribution in [0, 0.1) is 5.92 Å². The third-order valence-corrected chi connectivity index (χ3v) is 4.37. The Bertz CT molecular complexity index is 642. The minimum atomic E-state index is -4.57. The monoisotopic (exact) mass is 317 g/mol. The van der Waals surface area contributed by atoms with Crippen LogP contribution in [-0.4, -0.2) is 17.1 Å². The lowest BCUT2D eigenvalue weighted by molar-refractivity contribution is -0.140. The minimum absolute atomic E-state index is 0.213. The van der Waals surface area contributed by atoms with E-state index in [0.29, 0.717) is 12.0 Å². The summed E-state index contributed by atoms with van der Waals surface area (Å²) in [5.74, 6) is -1.89. The summed E-state index contributed by atoms with van der Waals surface area (Å²) < 4.78 is 39.4. The first kappa shape index (κ1) is 14.3. The van der Waals surface area contributed by atoms with Crippen LogP contribution in [0.4, 0.5) is 18.9 Å². The fourth-order valence-corrected chi connectivity index (χ4v) is 3.43. The molecule has 0 saturated carbocycles. The van der Waals surface area contributed by atoms with Gasteiger partial charge in [0.05, 0.1) is 11.3 Å². The summed E-state index contributed by atoms with van der Waals surface area (Å²) in [6, 6.07) is 1.04. The fourth-order valence-electron chi connectivity index (χ4n) is 3.14. The van der Waals surface area contributed by atoms with E-state index in [0.717, 1.165) is 6.07 Å². The van der Waals surface area contributed by atoms with Gasteiger partial charge in [-0.05, 0) is 18.6 Å². The second kappa shape index (κ2) is 4.66. The molecule has 0 spiro atoms. The van der Waals surface area contributed by atoms with E-state index >= 15 is 0 Å². The zero-order valence-electron chi connectivity index (χ0n) is 10.6. The summed E-state index contributed by atoms with van der Waals surface area (Å²) in [5.41, 5.74) is -0.759. The van der Waals surface area contributed by atoms with Gasteiger partial charge in [0.15, 0.2) is 0 Å². The number of rotatable bonds is 1. The zero-order chi connectivity index (χ0) is 15.4. The topological polar surface area (TPSA) is 49.3 Å². The number of fused-ring (bicyclic) bond motifs is 3. The summed E-state index contributed by atoms with van der Waals surface area (Å²) in [6.07, 6.45) is -0.536. The highest BCUT2D eigenvalue weighted by Crippen LogP contribution is 2.51. The van der Waals surface area contributed by atoms with Crippen molar-refractivity contribution in [1.29, 1.82) is 0 Å². The van der Waals surface area contributed by atoms with Crippen molar-refractivity contribution < 1.29 is 23.1 Å². The van der Waals surface area contributed by atoms with Gasteiger partial charge in [-0.15, -0.1) is 0 Å². The SMILES string of the molecule is O=C(O)[C@@H]1Nc2c(C(F)(F)F)ccc(Cl)c2[C@H]2C=CC[C@@H]21. The van der Waals surface area contributed by atoms with Gasteiger partial charge in [-0.2, -0.15) is 13.2 Å². The number of anilines is 1. The molecule has 1 aromatic rings. The first-order valence-electron chi connectivity index (χ1n) is 6.36. The van der Waals surface area contributed by atoms with E-state index in [1.54, 1.807) is 12.2 Å². The maximum absolute atomic E-state index is 13.1. The predicted molar refractivity (Wildman–Crippen MR) is 71.5 cm³/mol. The molecule has 1 aliphatic heterocycles. The van der Waals surface area contributed by atoms with Crippen molar-refractivity contribution >= 4 is 23.3 Å². The van der Waals surface area contributed by atoms with Crippen molar-refractivity contribution in [1.82, 2.24) is 0 Å². The summed E-state index contributed by atoms with van der Waals surface area (Å²) >= 11 is 6.07. The second-order valence-electron chi connectivity index (χ2n) is 5.20. The Labute approximate surface area is 123 Å². The highest BCUT2D eigenvalue weighted by atomic mass is 35.5. The van der Waals surface area contributed by atoms with Gasteiger partial charge in [-0.25, -0.2) is 4.79 Å². The molecule has 1 aliphatic carbocycles. The summed E-state index contributed by atoms with van der Waals surface area (Å²) in [5, 5.41) is 12.0. The highest BCUT2D eigenvalue weighted by Gasteiger charge is 2.45. The van der Waals surface area contributed by atoms with Crippen LogP contribution in [0.1, 0.15) is 23.5 Å². The molecule has 0 bridgehead atoms. The van der Waals surface area contributed by atoms with E-state index in [1.807, 2.05) is 0 Å². The molecule has 7 heteroatoms. The van der Waals surface area contributed by atoms with E-state index in [2.05, 4.69) is 5.32 Å². The number of allylic oxidation sites excluding steroid dienone is 2. The Morgan fingerprint density at radius 1 is 1.38 bits per heavy atom. The normalized spacial score (nSPS) is 27.0. The Morgan fingerprint density at radius 3 is 2.71 bits per heavy atom. The first-order chi connectivity index (χ1) is 9.80. The summed E-state index contributed by atoms with van der Waals surface area (Å²) in [7, 11) is 0. The van der Waals surface area contributed by atoms with E-state index in [9.17, 15) is 23.1 Å². The molecule has 1 heterocycles. The van der Waals surface area contributed by atoms with E-state index in [1.165, 1.54) is 6.07 Å². The molecule has 3 rings (SSSR count). The Morgan fingerprint density at radius 2 is 2.10 bits per heavy atom. The maximum atomic E-state index is 13.1. The van der Waals surface area contributed by atoms with Crippen molar-refractivity contribution in [3.05, 3.63) is 40.4 Å². The highest BCUT2D eigenvalue weighted by molar-refractivity contribution is 6.32. The quantitative estimate of drug-likeness (QED) is 0.772. The lowest BCUT2D eigenvalue weighted by atomic mass is 9.78. The third kappa shape index (κ3) is 2.18. The second-order valence-corrected chi connectivity index (χ2v) is 5.60. The molecule has 2 N–H and O–H groups in total. The molecule has 2 aliphatic rings. The van der Waals surface area contributed by atoms with Crippen molar-refractivity contribution in [3.8, 4) is 0 Å². The van der Waals surface area contributed by atoms with Gasteiger partial charge in [-0.1, -0.05) is 23.8 Å². The van der Waals surface area contributed by atoms with Gasteiger partial charge < -0.3 is 10.4 Å². The number of nitrogens with one attached hydrogen (secondary N) is 1. The van der Waals surface area contributed by atoms with Crippen LogP contribution in [0.3, 0.4) is 0 Å². The lowest BCUT2D eigenvalue weighted by Crippen LogP contribution is -2.42. The maximum Gasteiger partial charge on any atom is 0.418 e. The number of carboxylic acid groups (broad SMARTS) is 1. The van der Waals surface area contributed by atoms with Gasteiger partial charge >= 0.3 is 12.1 Å². The van der Waals surface area contributed by atoms with Crippen molar-refractivity contribution in [2.45, 2.75) is 24.6 Å². The number of aliphatic carboxylic acids is 1. The predicted octanol–water partition coefficient (Wildman–Crippen LogP) is 3.90. The molecular weight excluding hydrogens is 307 g/mol. The Balaban J connectivity index is 2.22. The molecule has 21 heavy (non-hydrogen) atoms. The fraction of sp³-hybridized carbons (Fsp3) is 0.357. The smallest absolute Gasteiger partial charge is 0.418 e. The molecule has 112 valence electrons. The molecule has 3 nitrogen and oxygen atoms in total. The summed E-state index contributed by atoms with van der Waals surface area (Å²) in [6.45, 7) is 0. The number of halogens is 4. The Kier molecular flexibility index (Phi) is 3.16. The zero-order valence-corrected chi connectivity index (χ0v) is 11.4. The molecule has 0 amide bonds. The molecule has 0 unspecified atom stereocenters. The van der Waals surface area contributed by atoms with Crippen LogP contribution < -0.4 is 5.32 Å². The molecule has 1 aromatic carbocycles. The van der Waals surface area contributed by atoms with Gasteiger partial charge in [0.2, 0.25) is 0 Å². The number of alkyl halides is 3. The van der Waals surface area contributed by atoms with E-state index in [-0.39, 0.29) is 16.6 Å². The first-order valence-corrected chi connectivity index (χ1v) is 6.74. The standard InChI is InChI=1S/C14H11ClF3NO2/c15-9-5-4-8(14(16,17)18)12-10(9)6-2-1-3-7(6)11(19-12)13(20)21/h1-2,4-7,11,19H,3H2,(H,20,21)/t6-,7-,11+/m0/s1. The number of carboxylic acids is 1. The molecule has 3 atom stereocenters. The van der Waals surface area contributed by atoms with Crippen LogP contribution in [0.25, 0.3) is 0 Å². The van der Waals surface area contributed by atoms with E-state index in [4.69, 9.17) is 11.6 Å². The molecule has 0 aromatic heterocycles. The third-order valence-electron chi connectivity index (χ3n) is 4.04. The largest absolute Gasteiger partial charge is 0.480 e. The average molecular weight is 318 g/mol. The van der Waals surface area contributed by atoms with Gasteiger partial charge in [0.1, 0.15) is 6.04 Å². The van der Waals surface area contributed by atoms with Gasteiger partial charge in [0, 0.05) is 22.4 Å². The number of carbonyl (C=O) groups is 1. The Hall–Kier alpha value is -1.69. The number of benzene rings is 1. The molecule has 0 radical (unpaired) electrons. The van der Waals surface area contributed by atoms with Crippen molar-refractivity contribution in [3.63, 3.8) is 0 Å². The van der Waals surface area contributed by atoms with Crippen molar-refractivity contribution in [2.75, 3.05) is 5.32 Å². The van der Waals surface area contributed by atoms with Crippen LogP contribution in [-0.2, 0) is 11.0 Å². The van der Waals surface area contributed by atoms with Gasteiger partial charge in [-0.3, -0.25) is 0 Å². The van der Waals surface area contributed by atoms with Crippen molar-refractivity contribution in [2.24, 2.45) is 5.92 Å². The van der Waals surface area contributed by atoms with Crippen LogP contribution in [0.15, 0.2) is 24.3 Å².